The monoisotopic (exact) mass is 439 g/mol. The second-order valence-electron chi connectivity index (χ2n) is 7.20. The summed E-state index contributed by atoms with van der Waals surface area (Å²) >= 11 is 1.31. The molecule has 2 aliphatic rings. The van der Waals surface area contributed by atoms with Gasteiger partial charge in [0.15, 0.2) is 5.17 Å². The van der Waals surface area contributed by atoms with Crippen LogP contribution in [-0.4, -0.2) is 33.0 Å². The summed E-state index contributed by atoms with van der Waals surface area (Å²) < 4.78 is 54.2. The van der Waals surface area contributed by atoms with Gasteiger partial charge in [-0.3, -0.25) is 14.8 Å². The van der Waals surface area contributed by atoms with Crippen LogP contribution < -0.4 is 11.1 Å². The van der Waals surface area contributed by atoms with Gasteiger partial charge in [0.2, 0.25) is 0 Å². The van der Waals surface area contributed by atoms with Crippen LogP contribution in [0.3, 0.4) is 0 Å². The van der Waals surface area contributed by atoms with Crippen LogP contribution in [0.25, 0.3) is 0 Å². The third-order valence-corrected chi connectivity index (χ3v) is 6.27. The van der Waals surface area contributed by atoms with E-state index < -0.39 is 35.6 Å². The standard InChI is InChI=1S/C19H17F4N5OS/c20-10-3-9-8-30-18(24)28-19(9,5-10)12-4-11(1-2-13(12)21)27-17(29)15-7-25-14(6-26-15)16(22)23/h1-2,4,6-7,9-10,16H,3,5,8H2,(H2,24,28)(H,27,29)/t9-,10-,19-/m0/s1. The first-order valence-corrected chi connectivity index (χ1v) is 10.1. The van der Waals surface area contributed by atoms with Crippen molar-refractivity contribution in [1.29, 1.82) is 0 Å². The summed E-state index contributed by atoms with van der Waals surface area (Å²) in [6.07, 6.45) is -1.92. The molecule has 1 aliphatic carbocycles. The van der Waals surface area contributed by atoms with E-state index in [9.17, 15) is 22.4 Å². The van der Waals surface area contributed by atoms with Gasteiger partial charge in [0.1, 0.15) is 23.4 Å². The lowest BCUT2D eigenvalue weighted by molar-refractivity contribution is 0.102. The molecule has 3 N–H and O–H groups in total. The number of carbonyl (C=O) groups excluding carboxylic acids is 1. The quantitative estimate of drug-likeness (QED) is 0.707. The van der Waals surface area contributed by atoms with E-state index in [1.54, 1.807) is 0 Å². The molecule has 1 aliphatic heterocycles. The molecule has 2 aromatic rings. The zero-order valence-corrected chi connectivity index (χ0v) is 16.3. The Morgan fingerprint density at radius 3 is 2.80 bits per heavy atom. The fourth-order valence-electron chi connectivity index (χ4n) is 3.94. The summed E-state index contributed by atoms with van der Waals surface area (Å²) in [6.45, 7) is 0. The second kappa shape index (κ2) is 7.86. The van der Waals surface area contributed by atoms with E-state index in [2.05, 4.69) is 20.3 Å². The van der Waals surface area contributed by atoms with Crippen molar-refractivity contribution in [2.45, 2.75) is 31.0 Å². The van der Waals surface area contributed by atoms with Crippen molar-refractivity contribution in [3.05, 3.63) is 53.4 Å². The molecule has 1 aromatic carbocycles. The Morgan fingerprint density at radius 2 is 2.10 bits per heavy atom. The van der Waals surface area contributed by atoms with Crippen molar-refractivity contribution in [1.82, 2.24) is 9.97 Å². The normalized spacial score (nSPS) is 25.7. The molecular weight excluding hydrogens is 422 g/mol. The molecule has 3 atom stereocenters. The highest BCUT2D eigenvalue weighted by atomic mass is 32.2. The Hall–Kier alpha value is -2.69. The maximum Gasteiger partial charge on any atom is 0.281 e. The van der Waals surface area contributed by atoms with Crippen molar-refractivity contribution in [3.63, 3.8) is 0 Å². The first kappa shape index (κ1) is 20.6. The van der Waals surface area contributed by atoms with E-state index >= 15 is 0 Å². The lowest BCUT2D eigenvalue weighted by Gasteiger charge is -2.35. The van der Waals surface area contributed by atoms with Gasteiger partial charge in [-0.2, -0.15) is 0 Å². The molecule has 30 heavy (non-hydrogen) atoms. The average Bonchev–Trinajstić information content (AvgIpc) is 3.05. The highest BCUT2D eigenvalue weighted by Gasteiger charge is 2.52. The number of nitrogens with zero attached hydrogens (tertiary/aromatic N) is 3. The number of halogens is 4. The van der Waals surface area contributed by atoms with E-state index in [-0.39, 0.29) is 40.9 Å². The van der Waals surface area contributed by atoms with Crippen LogP contribution in [0.4, 0.5) is 23.2 Å². The molecule has 11 heteroatoms. The molecule has 0 bridgehead atoms. The van der Waals surface area contributed by atoms with Crippen molar-refractivity contribution < 1.29 is 22.4 Å². The lowest BCUT2D eigenvalue weighted by atomic mass is 9.81. The average molecular weight is 439 g/mol. The number of benzene rings is 1. The number of carbonyl (C=O) groups is 1. The molecular formula is C19H17F4N5OS. The molecule has 4 rings (SSSR count). The summed E-state index contributed by atoms with van der Waals surface area (Å²) in [7, 11) is 0. The number of aliphatic imine (C=N–C) groups is 1. The van der Waals surface area contributed by atoms with E-state index in [0.29, 0.717) is 5.75 Å². The van der Waals surface area contributed by atoms with Gasteiger partial charge in [-0.25, -0.2) is 22.5 Å². The van der Waals surface area contributed by atoms with Crippen LogP contribution in [0.15, 0.2) is 35.6 Å². The van der Waals surface area contributed by atoms with E-state index in [4.69, 9.17) is 5.73 Å². The minimum absolute atomic E-state index is 0.00775. The van der Waals surface area contributed by atoms with Crippen molar-refractivity contribution in [2.75, 3.05) is 11.1 Å². The summed E-state index contributed by atoms with van der Waals surface area (Å²) in [6, 6.07) is 3.92. The van der Waals surface area contributed by atoms with Crippen molar-refractivity contribution in [3.8, 4) is 0 Å². The predicted octanol–water partition coefficient (Wildman–Crippen LogP) is 3.81. The van der Waals surface area contributed by atoms with Crippen LogP contribution in [0.2, 0.25) is 0 Å². The Balaban J connectivity index is 1.64. The number of alkyl halides is 3. The fourth-order valence-corrected chi connectivity index (χ4v) is 4.95. The molecule has 0 saturated heterocycles. The maximum atomic E-state index is 14.8. The summed E-state index contributed by atoms with van der Waals surface area (Å²) in [5.41, 5.74) is 4.41. The number of nitrogens with two attached hydrogens (primary N) is 1. The zero-order chi connectivity index (χ0) is 21.5. The first-order chi connectivity index (χ1) is 14.3. The number of fused-ring (bicyclic) bond motifs is 1. The maximum absolute atomic E-state index is 14.8. The number of amidine groups is 1. The second-order valence-corrected chi connectivity index (χ2v) is 8.24. The number of rotatable bonds is 4. The molecule has 6 nitrogen and oxygen atoms in total. The van der Waals surface area contributed by atoms with Gasteiger partial charge in [0, 0.05) is 29.3 Å². The van der Waals surface area contributed by atoms with Gasteiger partial charge < -0.3 is 11.1 Å². The van der Waals surface area contributed by atoms with Crippen LogP contribution in [0, 0.1) is 11.7 Å². The number of nitrogens with one attached hydrogen (secondary N) is 1. The van der Waals surface area contributed by atoms with Gasteiger partial charge in [0.25, 0.3) is 12.3 Å². The van der Waals surface area contributed by atoms with Crippen molar-refractivity contribution in [2.24, 2.45) is 16.6 Å². The lowest BCUT2D eigenvalue weighted by Crippen LogP contribution is -2.37. The van der Waals surface area contributed by atoms with Crippen molar-refractivity contribution >= 4 is 28.5 Å². The molecule has 0 radical (unpaired) electrons. The smallest absolute Gasteiger partial charge is 0.281 e. The minimum Gasteiger partial charge on any atom is -0.379 e. The number of hydrogen-bond donors (Lipinski definition) is 2. The number of hydrogen-bond acceptors (Lipinski definition) is 6. The minimum atomic E-state index is -2.80. The Labute approximate surface area is 173 Å². The topological polar surface area (TPSA) is 93.3 Å². The zero-order valence-electron chi connectivity index (χ0n) is 15.5. The van der Waals surface area contributed by atoms with E-state index in [0.717, 1.165) is 12.4 Å². The van der Waals surface area contributed by atoms with Gasteiger partial charge in [-0.15, -0.1) is 0 Å². The molecule has 1 fully saturated rings. The van der Waals surface area contributed by atoms with Gasteiger partial charge in [-0.1, -0.05) is 11.8 Å². The molecule has 158 valence electrons. The fraction of sp³-hybridized carbons (Fsp3) is 0.368. The number of aromatic nitrogens is 2. The molecule has 2 heterocycles. The van der Waals surface area contributed by atoms with E-state index in [1.165, 1.54) is 30.0 Å². The summed E-state index contributed by atoms with van der Waals surface area (Å²) in [4.78, 5) is 24.0. The molecule has 1 saturated carbocycles. The van der Waals surface area contributed by atoms with E-state index in [1.807, 2.05) is 0 Å². The van der Waals surface area contributed by atoms with Gasteiger partial charge in [-0.05, 0) is 24.6 Å². The number of amides is 1. The third kappa shape index (κ3) is 3.73. The number of thioether (sulfide) groups is 1. The number of anilines is 1. The largest absolute Gasteiger partial charge is 0.379 e. The van der Waals surface area contributed by atoms with Crippen LogP contribution in [-0.2, 0) is 5.54 Å². The van der Waals surface area contributed by atoms with Gasteiger partial charge in [0.05, 0.1) is 17.9 Å². The Bertz CT molecular complexity index is 1000. The highest BCUT2D eigenvalue weighted by molar-refractivity contribution is 8.13. The van der Waals surface area contributed by atoms with Crippen LogP contribution in [0.1, 0.15) is 41.0 Å². The Kier molecular flexibility index (Phi) is 5.39. The molecule has 1 aromatic heterocycles. The SMILES string of the molecule is NC1=N[C@@]2(c3cc(NC(=O)c4cnc(C(F)F)cn4)ccc3F)C[C@@H](F)C[C@H]2CS1. The molecule has 0 unspecified atom stereocenters. The van der Waals surface area contributed by atoms with Crippen LogP contribution in [0.5, 0.6) is 0 Å². The van der Waals surface area contributed by atoms with Crippen LogP contribution >= 0.6 is 11.8 Å². The predicted molar refractivity (Wildman–Crippen MR) is 105 cm³/mol. The summed E-state index contributed by atoms with van der Waals surface area (Å²) in [5, 5.41) is 2.81. The first-order valence-electron chi connectivity index (χ1n) is 9.12. The summed E-state index contributed by atoms with van der Waals surface area (Å²) in [5.74, 6) is -0.973. The third-order valence-electron chi connectivity index (χ3n) is 5.31. The highest BCUT2D eigenvalue weighted by Crippen LogP contribution is 2.52. The molecule has 0 spiro atoms. The Morgan fingerprint density at radius 1 is 1.30 bits per heavy atom. The van der Waals surface area contributed by atoms with Gasteiger partial charge >= 0.3 is 0 Å². The molecule has 1 amide bonds.